The molecule has 0 fully saturated rings. The molecule has 0 aliphatic heterocycles. The largest absolute Gasteiger partial charge is 0.456 e. The molecule has 0 atom stereocenters. The lowest BCUT2D eigenvalue weighted by Gasteiger charge is -2.14. The van der Waals surface area contributed by atoms with E-state index in [1.807, 2.05) is 12.4 Å². The van der Waals surface area contributed by atoms with Crippen LogP contribution in [0.4, 0.5) is 0 Å². The molecule has 0 N–H and O–H groups in total. The summed E-state index contributed by atoms with van der Waals surface area (Å²) < 4.78 is 11.0. The molecule has 0 unspecified atom stereocenters. The molecule has 12 rings (SSSR count). The fraction of sp³-hybridized carbons (Fsp3) is 0.0351. The third-order valence-electron chi connectivity index (χ3n) is 12.4. The van der Waals surface area contributed by atoms with Gasteiger partial charge in [-0.25, -0.2) is 4.98 Å². The van der Waals surface area contributed by atoms with E-state index in [1.54, 1.807) is 0 Å². The molecule has 4 nitrogen and oxygen atoms in total. The zero-order valence-corrected chi connectivity index (χ0v) is 33.6. The van der Waals surface area contributed by atoms with E-state index in [9.17, 15) is 0 Å². The highest BCUT2D eigenvalue weighted by molar-refractivity contribution is 6.13. The SMILES string of the molecule is Cc1ccc(-c2ccc3c(c2)c2cc(-c4ccc5oc6cccc(-n7cnc8ccccc87)c6c5c4)ccc2n3-c2ccccc2)cc1-c1ccccc1Cc1ccccc1. The van der Waals surface area contributed by atoms with Gasteiger partial charge in [0.05, 0.1) is 33.1 Å². The molecule has 0 saturated carbocycles. The van der Waals surface area contributed by atoms with Crippen LogP contribution >= 0.6 is 0 Å². The molecular weight excluding hydrogens is 743 g/mol. The summed E-state index contributed by atoms with van der Waals surface area (Å²) in [5, 5.41) is 4.58. The number of para-hydroxylation sites is 3. The van der Waals surface area contributed by atoms with Crippen molar-refractivity contribution in [3.63, 3.8) is 0 Å². The van der Waals surface area contributed by atoms with E-state index in [0.29, 0.717) is 0 Å². The first-order valence-electron chi connectivity index (χ1n) is 20.9. The van der Waals surface area contributed by atoms with Gasteiger partial charge < -0.3 is 8.98 Å². The van der Waals surface area contributed by atoms with Crippen LogP contribution in [0.3, 0.4) is 0 Å². The first kappa shape index (κ1) is 35.0. The van der Waals surface area contributed by atoms with Crippen LogP contribution in [0.2, 0.25) is 0 Å². The van der Waals surface area contributed by atoms with E-state index in [1.165, 1.54) is 60.8 Å². The van der Waals surface area contributed by atoms with E-state index in [4.69, 9.17) is 9.40 Å². The predicted molar refractivity (Wildman–Crippen MR) is 253 cm³/mol. The van der Waals surface area contributed by atoms with Crippen LogP contribution in [0.15, 0.2) is 211 Å². The van der Waals surface area contributed by atoms with Crippen LogP contribution in [-0.4, -0.2) is 14.1 Å². The van der Waals surface area contributed by atoms with Crippen molar-refractivity contribution in [2.75, 3.05) is 0 Å². The Morgan fingerprint density at radius 3 is 1.90 bits per heavy atom. The quantitative estimate of drug-likeness (QED) is 0.161. The Morgan fingerprint density at radius 2 is 1.11 bits per heavy atom. The van der Waals surface area contributed by atoms with Gasteiger partial charge in [0.15, 0.2) is 0 Å². The van der Waals surface area contributed by atoms with Gasteiger partial charge in [-0.2, -0.15) is 0 Å². The molecular formula is C57H39N3O. The average molecular weight is 782 g/mol. The topological polar surface area (TPSA) is 35.9 Å². The molecule has 61 heavy (non-hydrogen) atoms. The van der Waals surface area contributed by atoms with Crippen molar-refractivity contribution in [2.24, 2.45) is 0 Å². The molecule has 3 aromatic heterocycles. The molecule has 288 valence electrons. The van der Waals surface area contributed by atoms with Crippen molar-refractivity contribution in [3.05, 3.63) is 223 Å². The third kappa shape index (κ3) is 5.87. The molecule has 9 aromatic carbocycles. The molecule has 0 bridgehead atoms. The Bertz CT molecular complexity index is 3630. The summed E-state index contributed by atoms with van der Waals surface area (Å²) >= 11 is 0. The van der Waals surface area contributed by atoms with Gasteiger partial charge in [0.1, 0.15) is 17.5 Å². The van der Waals surface area contributed by atoms with Gasteiger partial charge in [-0.05, 0) is 142 Å². The summed E-state index contributed by atoms with van der Waals surface area (Å²) in [5.74, 6) is 0. The Hall–Kier alpha value is -7.95. The summed E-state index contributed by atoms with van der Waals surface area (Å²) in [6.45, 7) is 2.22. The number of hydrogen-bond acceptors (Lipinski definition) is 2. The predicted octanol–water partition coefficient (Wildman–Crippen LogP) is 14.9. The number of aryl methyl sites for hydroxylation is 1. The Balaban J connectivity index is 1.01. The summed E-state index contributed by atoms with van der Waals surface area (Å²) in [6.07, 6.45) is 2.80. The molecule has 0 spiro atoms. The normalized spacial score (nSPS) is 11.8. The maximum absolute atomic E-state index is 6.47. The highest BCUT2D eigenvalue weighted by Crippen LogP contribution is 2.41. The van der Waals surface area contributed by atoms with Gasteiger partial charge >= 0.3 is 0 Å². The van der Waals surface area contributed by atoms with Gasteiger partial charge in [0.2, 0.25) is 0 Å². The van der Waals surface area contributed by atoms with E-state index in [2.05, 4.69) is 210 Å². The summed E-state index contributed by atoms with van der Waals surface area (Å²) in [5.41, 5.74) is 19.4. The van der Waals surface area contributed by atoms with Crippen LogP contribution in [-0.2, 0) is 6.42 Å². The molecule has 0 radical (unpaired) electrons. The van der Waals surface area contributed by atoms with Crippen molar-refractivity contribution in [1.82, 2.24) is 14.1 Å². The summed E-state index contributed by atoms with van der Waals surface area (Å²) in [7, 11) is 0. The van der Waals surface area contributed by atoms with Gasteiger partial charge in [0.25, 0.3) is 0 Å². The van der Waals surface area contributed by atoms with Crippen molar-refractivity contribution in [2.45, 2.75) is 13.3 Å². The lowest BCUT2D eigenvalue weighted by Crippen LogP contribution is -1.94. The monoisotopic (exact) mass is 781 g/mol. The van der Waals surface area contributed by atoms with Gasteiger partial charge in [-0.1, -0.05) is 121 Å². The van der Waals surface area contributed by atoms with Gasteiger partial charge in [0, 0.05) is 21.8 Å². The van der Waals surface area contributed by atoms with Gasteiger partial charge in [-0.15, -0.1) is 0 Å². The Labute approximate surface area is 353 Å². The van der Waals surface area contributed by atoms with Crippen LogP contribution in [0, 0.1) is 6.92 Å². The number of aromatic nitrogens is 3. The molecule has 4 heteroatoms. The molecule has 0 amide bonds. The lowest BCUT2D eigenvalue weighted by molar-refractivity contribution is 0.669. The standard InChI is InChI=1S/C57H39N3O/c1-37-23-24-39(32-46(37)45-18-9-8-15-43(45)31-38-13-4-2-5-14-38)40-25-28-51-47(33-40)48-34-41(26-29-52(48)60(51)44-16-6-3-7-17-44)42-27-30-55-49(35-42)57-54(21-12-22-56(57)61-55)59-36-58-50-19-10-11-20-53(50)59/h2-30,32-36H,31H2,1H3. The highest BCUT2D eigenvalue weighted by atomic mass is 16.3. The first-order valence-corrected chi connectivity index (χ1v) is 20.9. The smallest absolute Gasteiger partial charge is 0.137 e. The number of fused-ring (bicyclic) bond motifs is 7. The summed E-state index contributed by atoms with van der Waals surface area (Å²) in [6, 6.07) is 72.2. The minimum Gasteiger partial charge on any atom is -0.456 e. The number of rotatable bonds is 7. The molecule has 0 aliphatic carbocycles. The number of hydrogen-bond donors (Lipinski definition) is 0. The fourth-order valence-electron chi connectivity index (χ4n) is 9.42. The molecule has 0 saturated heterocycles. The first-order chi connectivity index (χ1) is 30.1. The maximum atomic E-state index is 6.47. The summed E-state index contributed by atoms with van der Waals surface area (Å²) in [4.78, 5) is 4.70. The molecule has 12 aromatic rings. The van der Waals surface area contributed by atoms with Crippen LogP contribution < -0.4 is 0 Å². The maximum Gasteiger partial charge on any atom is 0.137 e. The van der Waals surface area contributed by atoms with E-state index in [0.717, 1.165) is 61.9 Å². The lowest BCUT2D eigenvalue weighted by atomic mass is 9.90. The fourth-order valence-corrected chi connectivity index (χ4v) is 9.42. The number of nitrogens with zero attached hydrogens (tertiary/aromatic N) is 3. The zero-order chi connectivity index (χ0) is 40.4. The van der Waals surface area contributed by atoms with Gasteiger partial charge in [-0.3, -0.25) is 4.57 Å². The van der Waals surface area contributed by atoms with E-state index in [-0.39, 0.29) is 0 Å². The van der Waals surface area contributed by atoms with Crippen molar-refractivity contribution in [1.29, 1.82) is 0 Å². The molecule has 3 heterocycles. The van der Waals surface area contributed by atoms with Crippen molar-refractivity contribution < 1.29 is 4.42 Å². The van der Waals surface area contributed by atoms with Crippen LogP contribution in [0.25, 0.3) is 99.5 Å². The third-order valence-corrected chi connectivity index (χ3v) is 12.4. The average Bonchev–Trinajstić information content (AvgIpc) is 4.01. The van der Waals surface area contributed by atoms with E-state index < -0.39 is 0 Å². The van der Waals surface area contributed by atoms with Crippen LogP contribution in [0.1, 0.15) is 16.7 Å². The Morgan fingerprint density at radius 1 is 0.475 bits per heavy atom. The number of furan rings is 1. The second-order valence-corrected chi connectivity index (χ2v) is 16.1. The minimum absolute atomic E-state index is 0.857. The second-order valence-electron chi connectivity index (χ2n) is 16.1. The molecule has 0 aliphatic rings. The van der Waals surface area contributed by atoms with Crippen molar-refractivity contribution in [3.8, 4) is 44.8 Å². The van der Waals surface area contributed by atoms with E-state index >= 15 is 0 Å². The van der Waals surface area contributed by atoms with Crippen LogP contribution in [0.5, 0.6) is 0 Å². The number of imidazole rings is 1. The highest BCUT2D eigenvalue weighted by Gasteiger charge is 2.18. The van der Waals surface area contributed by atoms with Crippen molar-refractivity contribution >= 4 is 54.8 Å². The number of benzene rings is 9. The minimum atomic E-state index is 0.857. The zero-order valence-electron chi connectivity index (χ0n) is 33.6. The second kappa shape index (κ2) is 14.1. The Kier molecular flexibility index (Phi) is 8.10.